The molecule has 8 heteroatoms. The molecule has 1 saturated heterocycles. The summed E-state index contributed by atoms with van der Waals surface area (Å²) in [6.07, 6.45) is 2.74. The third kappa shape index (κ3) is 4.19. The molecular formula is C17H26N2O5S. The summed E-state index contributed by atoms with van der Waals surface area (Å²) in [5, 5.41) is 20.7. The van der Waals surface area contributed by atoms with Crippen LogP contribution in [0.15, 0.2) is 23.1 Å². The van der Waals surface area contributed by atoms with Gasteiger partial charge in [-0.05, 0) is 30.7 Å². The van der Waals surface area contributed by atoms with E-state index in [2.05, 4.69) is 0 Å². The standard InChI is InChI=1S/C17H26N2O5S/c1-17(2,3)15-8-7-14(12-16(15)19(21)22)25(23,24)18-10-5-4-6-13(18)9-11-20/h7-8,12-13,20H,4-6,9-11H2,1-3H3. The number of aliphatic hydroxyl groups is 1. The Bertz CT molecular complexity index is 738. The molecule has 0 spiro atoms. The summed E-state index contributed by atoms with van der Waals surface area (Å²) in [7, 11) is -3.83. The van der Waals surface area contributed by atoms with Crippen LogP contribution in [0.4, 0.5) is 5.69 Å². The third-order valence-electron chi connectivity index (χ3n) is 4.62. The number of nitro benzene ring substituents is 1. The minimum absolute atomic E-state index is 0.0583. The van der Waals surface area contributed by atoms with Gasteiger partial charge in [0.25, 0.3) is 5.69 Å². The lowest BCUT2D eigenvalue weighted by Crippen LogP contribution is -2.44. The fourth-order valence-corrected chi connectivity index (χ4v) is 5.06. The van der Waals surface area contributed by atoms with Crippen molar-refractivity contribution in [3.05, 3.63) is 33.9 Å². The molecule has 0 radical (unpaired) electrons. The summed E-state index contributed by atoms with van der Waals surface area (Å²) >= 11 is 0. The quantitative estimate of drug-likeness (QED) is 0.634. The lowest BCUT2D eigenvalue weighted by Gasteiger charge is -2.34. The Hall–Kier alpha value is -1.51. The molecule has 1 aliphatic heterocycles. The molecule has 0 aromatic heterocycles. The van der Waals surface area contributed by atoms with Crippen molar-refractivity contribution < 1.29 is 18.4 Å². The van der Waals surface area contributed by atoms with Gasteiger partial charge in [0.05, 0.1) is 9.82 Å². The van der Waals surface area contributed by atoms with Crippen molar-refractivity contribution in [2.45, 2.75) is 62.8 Å². The molecule has 140 valence electrons. The van der Waals surface area contributed by atoms with Crippen molar-refractivity contribution in [3.8, 4) is 0 Å². The van der Waals surface area contributed by atoms with Gasteiger partial charge in [0, 0.05) is 30.8 Å². The molecule has 2 rings (SSSR count). The van der Waals surface area contributed by atoms with E-state index in [1.165, 1.54) is 22.5 Å². The Balaban J connectivity index is 2.49. The summed E-state index contributed by atoms with van der Waals surface area (Å²) in [5.74, 6) is 0. The topological polar surface area (TPSA) is 101 Å². The van der Waals surface area contributed by atoms with Crippen molar-refractivity contribution in [2.75, 3.05) is 13.2 Å². The van der Waals surface area contributed by atoms with Gasteiger partial charge >= 0.3 is 0 Å². The number of nitro groups is 1. The van der Waals surface area contributed by atoms with E-state index in [0.29, 0.717) is 24.9 Å². The summed E-state index contributed by atoms with van der Waals surface area (Å²) in [6, 6.07) is 3.90. The highest BCUT2D eigenvalue weighted by Gasteiger charge is 2.35. The van der Waals surface area contributed by atoms with Gasteiger partial charge in [-0.2, -0.15) is 4.31 Å². The highest BCUT2D eigenvalue weighted by molar-refractivity contribution is 7.89. The smallest absolute Gasteiger partial charge is 0.274 e. The summed E-state index contributed by atoms with van der Waals surface area (Å²) < 4.78 is 27.5. The predicted octanol–water partition coefficient (Wildman–Crippen LogP) is 2.82. The van der Waals surface area contributed by atoms with Crippen LogP contribution >= 0.6 is 0 Å². The van der Waals surface area contributed by atoms with E-state index in [1.54, 1.807) is 0 Å². The maximum atomic E-state index is 13.0. The average molecular weight is 370 g/mol. The van der Waals surface area contributed by atoms with E-state index >= 15 is 0 Å². The van der Waals surface area contributed by atoms with Crippen LogP contribution in [0.5, 0.6) is 0 Å². The van der Waals surface area contributed by atoms with Gasteiger partial charge in [0.15, 0.2) is 0 Å². The van der Waals surface area contributed by atoms with Gasteiger partial charge in [-0.15, -0.1) is 0 Å². The number of rotatable bonds is 5. The molecule has 0 amide bonds. The van der Waals surface area contributed by atoms with Gasteiger partial charge in [-0.1, -0.05) is 33.3 Å². The lowest BCUT2D eigenvalue weighted by molar-refractivity contribution is -0.386. The van der Waals surface area contributed by atoms with Crippen molar-refractivity contribution >= 4 is 15.7 Å². The zero-order valence-corrected chi connectivity index (χ0v) is 15.8. The van der Waals surface area contributed by atoms with Crippen LogP contribution in [-0.2, 0) is 15.4 Å². The summed E-state index contributed by atoms with van der Waals surface area (Å²) in [6.45, 7) is 5.85. The van der Waals surface area contributed by atoms with E-state index in [1.807, 2.05) is 20.8 Å². The van der Waals surface area contributed by atoms with Gasteiger partial charge in [0.1, 0.15) is 0 Å². The van der Waals surface area contributed by atoms with Gasteiger partial charge in [-0.3, -0.25) is 10.1 Å². The number of hydrogen-bond donors (Lipinski definition) is 1. The lowest BCUT2D eigenvalue weighted by atomic mass is 9.86. The van der Waals surface area contributed by atoms with E-state index in [-0.39, 0.29) is 23.2 Å². The molecule has 7 nitrogen and oxygen atoms in total. The zero-order valence-electron chi connectivity index (χ0n) is 14.9. The first-order valence-electron chi connectivity index (χ1n) is 8.50. The van der Waals surface area contributed by atoms with Crippen molar-refractivity contribution in [1.82, 2.24) is 4.31 Å². The molecule has 1 aliphatic rings. The second-order valence-corrected chi connectivity index (χ2v) is 9.35. The number of aliphatic hydroxyl groups excluding tert-OH is 1. The Morgan fingerprint density at radius 2 is 2.00 bits per heavy atom. The maximum absolute atomic E-state index is 13.0. The van der Waals surface area contributed by atoms with Crippen molar-refractivity contribution in [2.24, 2.45) is 0 Å². The van der Waals surface area contributed by atoms with Gasteiger partial charge in [0.2, 0.25) is 10.0 Å². The number of sulfonamides is 1. The fraction of sp³-hybridized carbons (Fsp3) is 0.647. The molecule has 1 fully saturated rings. The van der Waals surface area contributed by atoms with Crippen LogP contribution < -0.4 is 0 Å². The highest BCUT2D eigenvalue weighted by Crippen LogP contribution is 2.35. The first-order chi connectivity index (χ1) is 11.6. The molecule has 1 aromatic carbocycles. The number of nitrogens with zero attached hydrogens (tertiary/aromatic N) is 2. The SMILES string of the molecule is CC(C)(C)c1ccc(S(=O)(=O)N2CCCCC2CCO)cc1[N+](=O)[O-]. The van der Waals surface area contributed by atoms with E-state index < -0.39 is 20.4 Å². The normalized spacial score (nSPS) is 19.8. The molecule has 1 unspecified atom stereocenters. The highest BCUT2D eigenvalue weighted by atomic mass is 32.2. The molecular weight excluding hydrogens is 344 g/mol. The third-order valence-corrected chi connectivity index (χ3v) is 6.56. The van der Waals surface area contributed by atoms with Gasteiger partial charge < -0.3 is 5.11 Å². The first-order valence-corrected chi connectivity index (χ1v) is 9.94. The van der Waals surface area contributed by atoms with Crippen LogP contribution in [-0.4, -0.2) is 41.9 Å². The van der Waals surface area contributed by atoms with Gasteiger partial charge in [-0.25, -0.2) is 8.42 Å². The van der Waals surface area contributed by atoms with E-state index in [4.69, 9.17) is 0 Å². The largest absolute Gasteiger partial charge is 0.396 e. The minimum Gasteiger partial charge on any atom is -0.396 e. The molecule has 1 heterocycles. The predicted molar refractivity (Wildman–Crippen MR) is 95.0 cm³/mol. The Kier molecular flexibility index (Phi) is 5.86. The second-order valence-electron chi connectivity index (χ2n) is 7.46. The van der Waals surface area contributed by atoms with Crippen molar-refractivity contribution in [1.29, 1.82) is 0 Å². The molecule has 0 bridgehead atoms. The Labute approximate surface area is 148 Å². The molecule has 1 atom stereocenters. The number of piperidine rings is 1. The number of benzene rings is 1. The first kappa shape index (κ1) is 19.8. The minimum atomic E-state index is -3.83. The number of hydrogen-bond acceptors (Lipinski definition) is 5. The van der Waals surface area contributed by atoms with Crippen LogP contribution in [0.25, 0.3) is 0 Å². The van der Waals surface area contributed by atoms with Crippen LogP contribution in [0.3, 0.4) is 0 Å². The summed E-state index contributed by atoms with van der Waals surface area (Å²) in [4.78, 5) is 10.9. The van der Waals surface area contributed by atoms with E-state index in [0.717, 1.165) is 12.8 Å². The molecule has 0 saturated carbocycles. The second kappa shape index (κ2) is 7.39. The maximum Gasteiger partial charge on any atom is 0.274 e. The molecule has 1 aromatic rings. The monoisotopic (exact) mass is 370 g/mol. The summed E-state index contributed by atoms with van der Waals surface area (Å²) in [5.41, 5.74) is -0.138. The van der Waals surface area contributed by atoms with E-state index in [9.17, 15) is 23.6 Å². The fourth-order valence-electron chi connectivity index (χ4n) is 3.32. The Morgan fingerprint density at radius 3 is 2.56 bits per heavy atom. The Morgan fingerprint density at radius 1 is 1.32 bits per heavy atom. The van der Waals surface area contributed by atoms with Crippen LogP contribution in [0.1, 0.15) is 52.0 Å². The van der Waals surface area contributed by atoms with Crippen LogP contribution in [0, 0.1) is 10.1 Å². The zero-order chi connectivity index (χ0) is 18.8. The molecule has 1 N–H and O–H groups in total. The van der Waals surface area contributed by atoms with Crippen molar-refractivity contribution in [3.63, 3.8) is 0 Å². The molecule has 25 heavy (non-hydrogen) atoms. The van der Waals surface area contributed by atoms with Crippen LogP contribution in [0.2, 0.25) is 0 Å². The average Bonchev–Trinajstić information content (AvgIpc) is 2.54. The molecule has 0 aliphatic carbocycles.